The number of carbonyl (C=O) groups is 1. The zero-order chi connectivity index (χ0) is 21.3. The molecule has 0 spiro atoms. The van der Waals surface area contributed by atoms with Crippen LogP contribution in [0.4, 0.5) is 23.8 Å². The lowest BCUT2D eigenvalue weighted by molar-refractivity contribution is 0.0504. The maximum Gasteiger partial charge on any atom is 0.407 e. The number of alkyl carbamates (subject to hydrolysis) is 1. The van der Waals surface area contributed by atoms with E-state index in [0.29, 0.717) is 11.9 Å². The van der Waals surface area contributed by atoms with Crippen LogP contribution in [0.5, 0.6) is 0 Å². The summed E-state index contributed by atoms with van der Waals surface area (Å²) in [7, 11) is 0. The molecule has 2 heterocycles. The van der Waals surface area contributed by atoms with Crippen molar-refractivity contribution in [3.8, 4) is 0 Å². The van der Waals surface area contributed by atoms with E-state index in [2.05, 4.69) is 15.3 Å². The van der Waals surface area contributed by atoms with E-state index in [1.54, 1.807) is 25.7 Å². The summed E-state index contributed by atoms with van der Waals surface area (Å²) in [6.07, 6.45) is 0.581. The van der Waals surface area contributed by atoms with Crippen molar-refractivity contribution in [3.63, 3.8) is 0 Å². The van der Waals surface area contributed by atoms with Gasteiger partial charge in [-0.15, -0.1) is 0 Å². The van der Waals surface area contributed by atoms with Crippen molar-refractivity contribution in [3.05, 3.63) is 52.7 Å². The van der Waals surface area contributed by atoms with Crippen molar-refractivity contribution < 1.29 is 22.7 Å². The number of rotatable bonds is 3. The molecule has 29 heavy (non-hydrogen) atoms. The first-order valence-corrected chi connectivity index (χ1v) is 9.28. The molecule has 1 fully saturated rings. The van der Waals surface area contributed by atoms with E-state index in [1.165, 1.54) is 12.4 Å². The average Bonchev–Trinajstić information content (AvgIpc) is 3.00. The van der Waals surface area contributed by atoms with Gasteiger partial charge in [0, 0.05) is 31.1 Å². The molecule has 0 bridgehead atoms. The van der Waals surface area contributed by atoms with Gasteiger partial charge in [-0.2, -0.15) is 0 Å². The molecular weight excluding hydrogens is 409 g/mol. The monoisotopic (exact) mass is 428 g/mol. The molecule has 0 saturated carbocycles. The van der Waals surface area contributed by atoms with Gasteiger partial charge in [-0.05, 0) is 32.4 Å². The van der Waals surface area contributed by atoms with Gasteiger partial charge >= 0.3 is 6.09 Å². The number of hydrogen-bond donors (Lipinski definition) is 1. The van der Waals surface area contributed by atoms with Crippen LogP contribution in [-0.2, 0) is 4.74 Å². The molecule has 0 unspecified atom stereocenters. The first-order valence-electron chi connectivity index (χ1n) is 8.90. The molecule has 1 aliphatic heterocycles. The summed E-state index contributed by atoms with van der Waals surface area (Å²) in [6, 6.07) is 2.20. The fourth-order valence-electron chi connectivity index (χ4n) is 3.23. The summed E-state index contributed by atoms with van der Waals surface area (Å²) in [5, 5.41) is 2.91. The number of anilines is 1. The summed E-state index contributed by atoms with van der Waals surface area (Å²) in [4.78, 5) is 22.0. The number of hydrogen-bond acceptors (Lipinski definition) is 5. The third kappa shape index (κ3) is 5.09. The molecular formula is C19H20ClF3N4O2. The molecule has 10 heteroatoms. The normalized spacial score (nSPS) is 19.3. The summed E-state index contributed by atoms with van der Waals surface area (Å²) < 4.78 is 46.9. The molecule has 1 aliphatic rings. The third-order valence-electron chi connectivity index (χ3n) is 4.40. The van der Waals surface area contributed by atoms with Crippen LogP contribution in [0.25, 0.3) is 0 Å². The molecule has 1 saturated heterocycles. The van der Waals surface area contributed by atoms with E-state index in [0.717, 1.165) is 6.07 Å². The van der Waals surface area contributed by atoms with E-state index in [1.807, 2.05) is 0 Å². The maximum absolute atomic E-state index is 14.4. The van der Waals surface area contributed by atoms with Gasteiger partial charge in [-0.1, -0.05) is 11.6 Å². The minimum absolute atomic E-state index is 0.0485. The molecule has 1 amide bonds. The standard InChI is InChI=1S/C19H20ClF3N4O2/c1-19(2,3)29-18(28)26-15-8-27(17-6-16(20)24-9-25-17)7-11(15)10-4-13(22)14(23)5-12(10)21/h4-6,9,11,15H,7-8H2,1-3H3,(H,26,28)/t11-,15+/m1/s1. The number of halogens is 4. The highest BCUT2D eigenvalue weighted by Crippen LogP contribution is 2.33. The third-order valence-corrected chi connectivity index (χ3v) is 4.61. The Morgan fingerprint density at radius 3 is 2.48 bits per heavy atom. The second kappa shape index (κ2) is 8.06. The molecule has 1 N–H and O–H groups in total. The SMILES string of the molecule is CC(C)(C)OC(=O)N[C@H]1CN(c2cc(Cl)ncn2)C[C@@H]1c1cc(F)c(F)cc1F. The van der Waals surface area contributed by atoms with Crippen LogP contribution in [0.3, 0.4) is 0 Å². The van der Waals surface area contributed by atoms with Gasteiger partial charge in [-0.3, -0.25) is 0 Å². The Morgan fingerprint density at radius 2 is 1.83 bits per heavy atom. The van der Waals surface area contributed by atoms with E-state index in [-0.39, 0.29) is 23.8 Å². The first kappa shape index (κ1) is 21.2. The van der Waals surface area contributed by atoms with Gasteiger partial charge < -0.3 is 15.0 Å². The Hall–Kier alpha value is -2.55. The number of aromatic nitrogens is 2. The molecule has 0 aliphatic carbocycles. The fourth-order valence-corrected chi connectivity index (χ4v) is 3.37. The Bertz CT molecular complexity index is 923. The summed E-state index contributed by atoms with van der Waals surface area (Å²) in [6.45, 7) is 5.56. The van der Waals surface area contributed by atoms with Crippen LogP contribution in [-0.4, -0.2) is 40.8 Å². The van der Waals surface area contributed by atoms with E-state index in [9.17, 15) is 18.0 Å². The summed E-state index contributed by atoms with van der Waals surface area (Å²) >= 11 is 5.91. The second-order valence-corrected chi connectivity index (χ2v) is 8.14. The smallest absolute Gasteiger partial charge is 0.407 e. The van der Waals surface area contributed by atoms with E-state index < -0.39 is 41.1 Å². The number of amides is 1. The Balaban J connectivity index is 1.91. The molecule has 3 rings (SSSR count). The highest BCUT2D eigenvalue weighted by molar-refractivity contribution is 6.29. The molecule has 6 nitrogen and oxygen atoms in total. The van der Waals surface area contributed by atoms with Crippen molar-refractivity contribution in [2.75, 3.05) is 18.0 Å². The van der Waals surface area contributed by atoms with Crippen molar-refractivity contribution in [2.45, 2.75) is 38.3 Å². The quantitative estimate of drug-likeness (QED) is 0.590. The van der Waals surface area contributed by atoms with Gasteiger partial charge in [0.05, 0.1) is 6.04 Å². The van der Waals surface area contributed by atoms with Crippen LogP contribution in [0.15, 0.2) is 24.5 Å². The van der Waals surface area contributed by atoms with Gasteiger partial charge in [0.15, 0.2) is 11.6 Å². The Labute approximate surface area is 171 Å². The lowest BCUT2D eigenvalue weighted by atomic mass is 9.93. The number of nitrogens with one attached hydrogen (secondary N) is 1. The predicted octanol–water partition coefficient (Wildman–Crippen LogP) is 4.04. The van der Waals surface area contributed by atoms with Crippen molar-refractivity contribution >= 4 is 23.5 Å². The predicted molar refractivity (Wildman–Crippen MR) is 101 cm³/mol. The number of carbonyl (C=O) groups excluding carboxylic acids is 1. The van der Waals surface area contributed by atoms with Gasteiger partial charge in [0.25, 0.3) is 0 Å². The van der Waals surface area contributed by atoms with Crippen molar-refractivity contribution in [1.82, 2.24) is 15.3 Å². The minimum Gasteiger partial charge on any atom is -0.444 e. The molecule has 156 valence electrons. The molecule has 0 radical (unpaired) electrons. The van der Waals surface area contributed by atoms with Gasteiger partial charge in [-0.25, -0.2) is 27.9 Å². The highest BCUT2D eigenvalue weighted by atomic mass is 35.5. The van der Waals surface area contributed by atoms with E-state index >= 15 is 0 Å². The van der Waals surface area contributed by atoms with E-state index in [4.69, 9.17) is 16.3 Å². The van der Waals surface area contributed by atoms with Crippen molar-refractivity contribution in [1.29, 1.82) is 0 Å². The lowest BCUT2D eigenvalue weighted by Crippen LogP contribution is -2.43. The zero-order valence-electron chi connectivity index (χ0n) is 16.0. The van der Waals surface area contributed by atoms with Crippen LogP contribution in [0, 0.1) is 17.5 Å². The molecule has 1 aromatic heterocycles. The van der Waals surface area contributed by atoms with Crippen molar-refractivity contribution in [2.24, 2.45) is 0 Å². The Morgan fingerprint density at radius 1 is 1.14 bits per heavy atom. The number of benzene rings is 1. The number of nitrogens with zero attached hydrogens (tertiary/aromatic N) is 3. The number of ether oxygens (including phenoxy) is 1. The van der Waals surface area contributed by atoms with Crippen LogP contribution in [0.2, 0.25) is 5.15 Å². The molecule has 2 aromatic rings. The first-order chi connectivity index (χ1) is 13.5. The van der Waals surface area contributed by atoms with Gasteiger partial charge in [0.2, 0.25) is 0 Å². The molecule has 1 aromatic carbocycles. The molecule has 2 atom stereocenters. The maximum atomic E-state index is 14.4. The van der Waals surface area contributed by atoms with Gasteiger partial charge in [0.1, 0.15) is 28.7 Å². The minimum atomic E-state index is -1.28. The Kier molecular flexibility index (Phi) is 5.88. The largest absolute Gasteiger partial charge is 0.444 e. The zero-order valence-corrected chi connectivity index (χ0v) is 16.8. The van der Waals surface area contributed by atoms with Crippen LogP contribution < -0.4 is 10.2 Å². The summed E-state index contributed by atoms with van der Waals surface area (Å²) in [5.41, 5.74) is -0.779. The fraction of sp³-hybridized carbons (Fsp3) is 0.421. The van der Waals surface area contributed by atoms with Crippen LogP contribution in [0.1, 0.15) is 32.3 Å². The lowest BCUT2D eigenvalue weighted by Gasteiger charge is -2.24. The van der Waals surface area contributed by atoms with Crippen LogP contribution >= 0.6 is 11.6 Å². The highest BCUT2D eigenvalue weighted by Gasteiger charge is 2.38. The second-order valence-electron chi connectivity index (χ2n) is 7.75. The topological polar surface area (TPSA) is 67.3 Å². The summed E-state index contributed by atoms with van der Waals surface area (Å²) in [5.74, 6) is -3.55. The average molecular weight is 429 g/mol.